The quantitative estimate of drug-likeness (QED) is 0.818. The topological polar surface area (TPSA) is 88.4 Å². The number of hydrogen-bond acceptors (Lipinski definition) is 6. The molecule has 8 nitrogen and oxygen atoms in total. The van der Waals surface area contributed by atoms with Gasteiger partial charge in [0.25, 0.3) is 0 Å². The van der Waals surface area contributed by atoms with Gasteiger partial charge in [-0.05, 0) is 25.3 Å². The van der Waals surface area contributed by atoms with Gasteiger partial charge in [-0.3, -0.25) is 4.90 Å². The maximum Gasteiger partial charge on any atom is 0.317 e. The van der Waals surface area contributed by atoms with Crippen molar-refractivity contribution in [2.75, 3.05) is 37.6 Å². The first-order valence-corrected chi connectivity index (χ1v) is 10.9. The fraction of sp³-hybridized carbons (Fsp3) is 0.478. The smallest absolute Gasteiger partial charge is 0.317 e. The standard InChI is InChI=1S/C23H29N7O/c1-18-16-29(22-25-14-20(13-24)15-26-22)11-12-30(18)23(31)27-21-7-9-28(10-8-21)17-19-5-3-2-4-6-19/h2-6,14-15,18,21H,7-12,16-17H2,1H3,(H,27,31)/t18-/m1/s1. The molecule has 0 saturated carbocycles. The summed E-state index contributed by atoms with van der Waals surface area (Å²) >= 11 is 0. The molecule has 8 heteroatoms. The first-order chi connectivity index (χ1) is 15.1. The molecule has 1 aromatic carbocycles. The normalized spacial score (nSPS) is 20.3. The lowest BCUT2D eigenvalue weighted by Crippen LogP contribution is -2.58. The Balaban J connectivity index is 1.23. The van der Waals surface area contributed by atoms with Crippen LogP contribution >= 0.6 is 0 Å². The Hall–Kier alpha value is -3.18. The number of piperidine rings is 1. The fourth-order valence-electron chi connectivity index (χ4n) is 4.32. The van der Waals surface area contributed by atoms with Crippen molar-refractivity contribution < 1.29 is 4.79 Å². The van der Waals surface area contributed by atoms with E-state index < -0.39 is 0 Å². The minimum Gasteiger partial charge on any atom is -0.337 e. The molecular weight excluding hydrogens is 390 g/mol. The van der Waals surface area contributed by atoms with E-state index in [1.54, 1.807) is 0 Å². The van der Waals surface area contributed by atoms with Crippen LogP contribution < -0.4 is 10.2 Å². The van der Waals surface area contributed by atoms with E-state index in [4.69, 9.17) is 5.26 Å². The number of nitrogens with zero attached hydrogens (tertiary/aromatic N) is 6. The van der Waals surface area contributed by atoms with E-state index in [1.165, 1.54) is 18.0 Å². The zero-order chi connectivity index (χ0) is 21.6. The van der Waals surface area contributed by atoms with E-state index in [1.807, 2.05) is 17.0 Å². The van der Waals surface area contributed by atoms with Gasteiger partial charge in [0.2, 0.25) is 5.95 Å². The van der Waals surface area contributed by atoms with Crippen LogP contribution in [0.2, 0.25) is 0 Å². The molecule has 2 aromatic rings. The van der Waals surface area contributed by atoms with Gasteiger partial charge >= 0.3 is 6.03 Å². The molecule has 1 aromatic heterocycles. The number of carbonyl (C=O) groups excluding carboxylic acids is 1. The Morgan fingerprint density at radius 2 is 1.84 bits per heavy atom. The largest absolute Gasteiger partial charge is 0.337 e. The third-order valence-electron chi connectivity index (χ3n) is 6.10. The van der Waals surface area contributed by atoms with Gasteiger partial charge in [-0.25, -0.2) is 14.8 Å². The molecule has 31 heavy (non-hydrogen) atoms. The summed E-state index contributed by atoms with van der Waals surface area (Å²) in [5, 5.41) is 12.1. The summed E-state index contributed by atoms with van der Waals surface area (Å²) in [5.41, 5.74) is 1.78. The highest BCUT2D eigenvalue weighted by Gasteiger charge is 2.30. The second-order valence-corrected chi connectivity index (χ2v) is 8.36. The predicted octanol–water partition coefficient (Wildman–Crippen LogP) is 2.23. The number of nitriles is 1. The number of aromatic nitrogens is 2. The first-order valence-electron chi connectivity index (χ1n) is 10.9. The summed E-state index contributed by atoms with van der Waals surface area (Å²) in [6, 6.07) is 12.9. The SMILES string of the molecule is C[C@@H]1CN(c2ncc(C#N)cn2)CCN1C(=O)NC1CCN(Cc2ccccc2)CC1. The Labute approximate surface area is 183 Å². The molecule has 2 aliphatic rings. The lowest BCUT2D eigenvalue weighted by atomic mass is 10.0. The Bertz CT molecular complexity index is 904. The van der Waals surface area contributed by atoms with Crippen molar-refractivity contribution >= 4 is 12.0 Å². The van der Waals surface area contributed by atoms with Crippen molar-refractivity contribution in [3.05, 3.63) is 53.9 Å². The third kappa shape index (κ3) is 5.30. The number of likely N-dealkylation sites (tertiary alicyclic amines) is 1. The number of nitrogens with one attached hydrogen (secondary N) is 1. The second kappa shape index (κ2) is 9.75. The van der Waals surface area contributed by atoms with Gasteiger partial charge in [-0.1, -0.05) is 30.3 Å². The van der Waals surface area contributed by atoms with Gasteiger partial charge in [-0.15, -0.1) is 0 Å². The van der Waals surface area contributed by atoms with E-state index in [2.05, 4.69) is 56.3 Å². The van der Waals surface area contributed by atoms with Crippen LogP contribution in [0.15, 0.2) is 42.7 Å². The van der Waals surface area contributed by atoms with Gasteiger partial charge in [0.15, 0.2) is 0 Å². The summed E-state index contributed by atoms with van der Waals surface area (Å²) in [7, 11) is 0. The summed E-state index contributed by atoms with van der Waals surface area (Å²) in [5.74, 6) is 0.608. The average molecular weight is 420 g/mol. The van der Waals surface area contributed by atoms with Gasteiger partial charge in [0.05, 0.1) is 18.0 Å². The molecule has 4 rings (SSSR count). The van der Waals surface area contributed by atoms with E-state index in [9.17, 15) is 4.79 Å². The van der Waals surface area contributed by atoms with Gasteiger partial charge in [0.1, 0.15) is 6.07 Å². The fourth-order valence-corrected chi connectivity index (χ4v) is 4.32. The van der Waals surface area contributed by atoms with Gasteiger partial charge < -0.3 is 15.1 Å². The second-order valence-electron chi connectivity index (χ2n) is 8.36. The molecule has 2 fully saturated rings. The number of amides is 2. The van der Waals surface area contributed by atoms with Crippen molar-refractivity contribution in [2.24, 2.45) is 0 Å². The molecule has 2 saturated heterocycles. The summed E-state index contributed by atoms with van der Waals surface area (Å²) in [6.07, 6.45) is 5.03. The molecule has 162 valence electrons. The summed E-state index contributed by atoms with van der Waals surface area (Å²) in [6.45, 7) is 7.01. The molecule has 1 N–H and O–H groups in total. The highest BCUT2D eigenvalue weighted by Crippen LogP contribution is 2.17. The van der Waals surface area contributed by atoms with Crippen LogP contribution in [0.3, 0.4) is 0 Å². The number of piperazine rings is 1. The van der Waals surface area contributed by atoms with Crippen molar-refractivity contribution in [3.8, 4) is 6.07 Å². The first kappa shape index (κ1) is 21.1. The minimum atomic E-state index is 0.0226. The Kier molecular flexibility index (Phi) is 6.63. The summed E-state index contributed by atoms with van der Waals surface area (Å²) in [4.78, 5) is 27.9. The van der Waals surface area contributed by atoms with Crippen LogP contribution in [-0.2, 0) is 6.54 Å². The molecule has 0 bridgehead atoms. The molecule has 0 radical (unpaired) electrons. The van der Waals surface area contributed by atoms with E-state index in [0.717, 1.165) is 32.5 Å². The van der Waals surface area contributed by atoms with Crippen LogP contribution in [0.1, 0.15) is 30.9 Å². The third-order valence-corrected chi connectivity index (χ3v) is 6.10. The van der Waals surface area contributed by atoms with Crippen LogP contribution in [0, 0.1) is 11.3 Å². The molecule has 2 amide bonds. The highest BCUT2D eigenvalue weighted by atomic mass is 16.2. The number of rotatable bonds is 4. The van der Waals surface area contributed by atoms with Crippen molar-refractivity contribution in [3.63, 3.8) is 0 Å². The summed E-state index contributed by atoms with van der Waals surface area (Å²) < 4.78 is 0. The van der Waals surface area contributed by atoms with Crippen molar-refractivity contribution in [2.45, 2.75) is 38.4 Å². The molecular formula is C23H29N7O. The van der Waals surface area contributed by atoms with Crippen molar-refractivity contribution in [1.82, 2.24) is 25.1 Å². The zero-order valence-electron chi connectivity index (χ0n) is 17.9. The van der Waals surface area contributed by atoms with E-state index >= 15 is 0 Å². The highest BCUT2D eigenvalue weighted by molar-refractivity contribution is 5.75. The molecule has 0 aliphatic carbocycles. The number of anilines is 1. The maximum absolute atomic E-state index is 12.9. The van der Waals surface area contributed by atoms with Crippen LogP contribution in [0.25, 0.3) is 0 Å². The molecule has 1 atom stereocenters. The lowest BCUT2D eigenvalue weighted by molar-refractivity contribution is 0.152. The monoisotopic (exact) mass is 419 g/mol. The van der Waals surface area contributed by atoms with Gasteiger partial charge in [-0.2, -0.15) is 5.26 Å². The van der Waals surface area contributed by atoms with Crippen LogP contribution in [0.5, 0.6) is 0 Å². The number of benzene rings is 1. The number of urea groups is 1. The van der Waals surface area contributed by atoms with E-state index in [-0.39, 0.29) is 18.1 Å². The minimum absolute atomic E-state index is 0.0226. The number of carbonyl (C=O) groups is 1. The molecule has 0 unspecified atom stereocenters. The Morgan fingerprint density at radius 1 is 1.13 bits per heavy atom. The lowest BCUT2D eigenvalue weighted by Gasteiger charge is -2.41. The van der Waals surface area contributed by atoms with Crippen molar-refractivity contribution in [1.29, 1.82) is 5.26 Å². The molecule has 0 spiro atoms. The van der Waals surface area contributed by atoms with Crippen LogP contribution in [-0.4, -0.2) is 70.6 Å². The zero-order valence-corrected chi connectivity index (χ0v) is 17.9. The molecule has 2 aliphatic heterocycles. The Morgan fingerprint density at radius 3 is 2.48 bits per heavy atom. The molecule has 3 heterocycles. The average Bonchev–Trinajstić information content (AvgIpc) is 2.81. The number of hydrogen-bond donors (Lipinski definition) is 1. The van der Waals surface area contributed by atoms with Crippen LogP contribution in [0.4, 0.5) is 10.7 Å². The van der Waals surface area contributed by atoms with Gasteiger partial charge in [0, 0.05) is 51.4 Å². The predicted molar refractivity (Wildman–Crippen MR) is 118 cm³/mol. The van der Waals surface area contributed by atoms with E-state index in [0.29, 0.717) is 31.1 Å². The maximum atomic E-state index is 12.9.